The zero-order valence-corrected chi connectivity index (χ0v) is 13.9. The summed E-state index contributed by atoms with van der Waals surface area (Å²) in [6, 6.07) is 5.50. The monoisotopic (exact) mass is 348 g/mol. The first kappa shape index (κ1) is 16.4. The number of anilines is 1. The van der Waals surface area contributed by atoms with E-state index in [2.05, 4.69) is 10.3 Å². The number of likely N-dealkylation sites (N-methyl/N-ethyl adjacent to an activating group) is 1. The molecule has 2 aromatic rings. The first-order valence-corrected chi connectivity index (χ1v) is 8.45. The number of aromatic nitrogens is 1. The summed E-state index contributed by atoms with van der Waals surface area (Å²) in [4.78, 5) is 32.4. The molecule has 8 heteroatoms. The summed E-state index contributed by atoms with van der Waals surface area (Å²) >= 11 is 1.34. The number of amides is 2. The molecule has 1 fully saturated rings. The van der Waals surface area contributed by atoms with Crippen LogP contribution in [-0.2, 0) is 4.79 Å². The van der Waals surface area contributed by atoms with E-state index in [9.17, 15) is 14.0 Å². The number of halogens is 1. The van der Waals surface area contributed by atoms with Crippen LogP contribution in [0, 0.1) is 5.82 Å². The maximum atomic E-state index is 13.1. The molecule has 2 amide bonds. The van der Waals surface area contributed by atoms with E-state index in [1.54, 1.807) is 35.0 Å². The first-order chi connectivity index (χ1) is 11.6. The number of nitrogens with zero attached hydrogens (tertiary/aromatic N) is 3. The van der Waals surface area contributed by atoms with Crippen LogP contribution in [0.1, 0.15) is 10.5 Å². The topological polar surface area (TPSA) is 65.5 Å². The standard InChI is InChI=1S/C16H17FN4O2S/c1-18-15(22)14-8-20(12-4-2-11(17)3-5-12)6-7-21(14)16(23)13-9-24-10-19-13/h2-5,9-10,14H,6-8H2,1H3,(H,18,22). The fourth-order valence-corrected chi connectivity index (χ4v) is 3.29. The molecule has 1 aromatic carbocycles. The van der Waals surface area contributed by atoms with Crippen molar-refractivity contribution in [2.45, 2.75) is 6.04 Å². The van der Waals surface area contributed by atoms with E-state index in [4.69, 9.17) is 0 Å². The summed E-state index contributed by atoms with van der Waals surface area (Å²) in [7, 11) is 1.55. The minimum absolute atomic E-state index is 0.231. The van der Waals surface area contributed by atoms with Gasteiger partial charge in [0.25, 0.3) is 5.91 Å². The lowest BCUT2D eigenvalue weighted by Crippen LogP contribution is -2.60. The van der Waals surface area contributed by atoms with Crippen molar-refractivity contribution >= 4 is 28.8 Å². The Morgan fingerprint density at radius 1 is 1.29 bits per heavy atom. The SMILES string of the molecule is CNC(=O)C1CN(c2ccc(F)cc2)CCN1C(=O)c1cscn1. The maximum absolute atomic E-state index is 13.1. The number of nitrogens with one attached hydrogen (secondary N) is 1. The Kier molecular flexibility index (Phi) is 4.75. The highest BCUT2D eigenvalue weighted by Crippen LogP contribution is 2.21. The Morgan fingerprint density at radius 2 is 2.04 bits per heavy atom. The zero-order valence-electron chi connectivity index (χ0n) is 13.1. The second-order valence-corrected chi connectivity index (χ2v) is 6.14. The van der Waals surface area contributed by atoms with E-state index in [1.807, 2.05) is 4.90 Å². The van der Waals surface area contributed by atoms with Crippen LogP contribution in [0.15, 0.2) is 35.2 Å². The molecule has 0 radical (unpaired) electrons. The van der Waals surface area contributed by atoms with Crippen molar-refractivity contribution in [2.75, 3.05) is 31.6 Å². The van der Waals surface area contributed by atoms with Crippen molar-refractivity contribution in [2.24, 2.45) is 0 Å². The Balaban J connectivity index is 1.82. The van der Waals surface area contributed by atoms with Crippen molar-refractivity contribution in [3.63, 3.8) is 0 Å². The van der Waals surface area contributed by atoms with Gasteiger partial charge >= 0.3 is 0 Å². The van der Waals surface area contributed by atoms with E-state index in [0.717, 1.165) is 5.69 Å². The molecule has 6 nitrogen and oxygen atoms in total. The predicted molar refractivity (Wildman–Crippen MR) is 89.6 cm³/mol. The number of rotatable bonds is 3. The second kappa shape index (κ2) is 6.96. The van der Waals surface area contributed by atoms with Gasteiger partial charge in [-0.15, -0.1) is 11.3 Å². The molecular formula is C16H17FN4O2S. The van der Waals surface area contributed by atoms with Crippen molar-refractivity contribution in [3.05, 3.63) is 46.7 Å². The smallest absolute Gasteiger partial charge is 0.274 e. The summed E-state index contributed by atoms with van der Waals surface area (Å²) in [5.74, 6) is -0.784. The molecule has 0 saturated carbocycles. The fraction of sp³-hybridized carbons (Fsp3) is 0.312. The number of thiazole rings is 1. The second-order valence-electron chi connectivity index (χ2n) is 5.42. The molecule has 126 valence electrons. The van der Waals surface area contributed by atoms with E-state index in [1.165, 1.54) is 23.5 Å². The molecule has 1 aliphatic rings. The van der Waals surface area contributed by atoms with Crippen LogP contribution in [0.5, 0.6) is 0 Å². The summed E-state index contributed by atoms with van der Waals surface area (Å²) in [6.45, 7) is 1.31. The van der Waals surface area contributed by atoms with Gasteiger partial charge in [-0.1, -0.05) is 0 Å². The lowest BCUT2D eigenvalue weighted by atomic mass is 10.1. The lowest BCUT2D eigenvalue weighted by molar-refractivity contribution is -0.125. The summed E-state index contributed by atoms with van der Waals surface area (Å²) in [5.41, 5.74) is 2.77. The first-order valence-electron chi connectivity index (χ1n) is 7.51. The van der Waals surface area contributed by atoms with Gasteiger partial charge in [0.05, 0.1) is 5.51 Å². The van der Waals surface area contributed by atoms with Crippen molar-refractivity contribution in [3.8, 4) is 0 Å². The van der Waals surface area contributed by atoms with Crippen molar-refractivity contribution in [1.82, 2.24) is 15.2 Å². The third-order valence-corrected chi connectivity index (χ3v) is 4.62. The van der Waals surface area contributed by atoms with Gasteiger partial charge in [0, 0.05) is 37.7 Å². The van der Waals surface area contributed by atoms with Gasteiger partial charge in [-0.2, -0.15) is 0 Å². The number of carbonyl (C=O) groups excluding carboxylic acids is 2. The Labute approximate surface area is 142 Å². The highest BCUT2D eigenvalue weighted by Gasteiger charge is 2.36. The van der Waals surface area contributed by atoms with Gasteiger partial charge < -0.3 is 15.1 Å². The van der Waals surface area contributed by atoms with E-state index in [-0.39, 0.29) is 17.6 Å². The molecule has 24 heavy (non-hydrogen) atoms. The molecule has 1 aromatic heterocycles. The highest BCUT2D eigenvalue weighted by molar-refractivity contribution is 7.07. The maximum Gasteiger partial charge on any atom is 0.274 e. The van der Waals surface area contributed by atoms with Crippen LogP contribution in [0.25, 0.3) is 0 Å². The number of carbonyl (C=O) groups is 2. The minimum atomic E-state index is -0.622. The molecule has 0 spiro atoms. The van der Waals surface area contributed by atoms with E-state index >= 15 is 0 Å². The molecule has 2 heterocycles. The lowest BCUT2D eigenvalue weighted by Gasteiger charge is -2.41. The molecule has 1 saturated heterocycles. The Morgan fingerprint density at radius 3 is 2.67 bits per heavy atom. The van der Waals surface area contributed by atoms with E-state index in [0.29, 0.717) is 25.3 Å². The van der Waals surface area contributed by atoms with Gasteiger partial charge in [0.2, 0.25) is 5.91 Å². The van der Waals surface area contributed by atoms with Gasteiger partial charge in [-0.05, 0) is 24.3 Å². The molecule has 1 unspecified atom stereocenters. The number of piperazine rings is 1. The third kappa shape index (κ3) is 3.23. The number of hydrogen-bond donors (Lipinski definition) is 1. The average molecular weight is 348 g/mol. The highest BCUT2D eigenvalue weighted by atomic mass is 32.1. The average Bonchev–Trinajstić information content (AvgIpc) is 3.15. The molecule has 1 atom stereocenters. The molecule has 1 N–H and O–H groups in total. The van der Waals surface area contributed by atoms with Crippen LogP contribution >= 0.6 is 11.3 Å². The summed E-state index contributed by atoms with van der Waals surface area (Å²) in [5, 5.41) is 4.28. The zero-order chi connectivity index (χ0) is 17.1. The van der Waals surface area contributed by atoms with Gasteiger partial charge in [-0.25, -0.2) is 9.37 Å². The molecule has 0 bridgehead atoms. The summed E-state index contributed by atoms with van der Waals surface area (Å²) in [6.07, 6.45) is 0. The van der Waals surface area contributed by atoms with Crippen LogP contribution in [0.4, 0.5) is 10.1 Å². The van der Waals surface area contributed by atoms with Crippen LogP contribution < -0.4 is 10.2 Å². The molecular weight excluding hydrogens is 331 g/mol. The van der Waals surface area contributed by atoms with Crippen molar-refractivity contribution in [1.29, 1.82) is 0 Å². The van der Waals surface area contributed by atoms with Crippen LogP contribution in [0.2, 0.25) is 0 Å². The Hall–Kier alpha value is -2.48. The Bertz CT molecular complexity index is 720. The summed E-state index contributed by atoms with van der Waals surface area (Å²) < 4.78 is 13.1. The van der Waals surface area contributed by atoms with Gasteiger partial charge in [0.15, 0.2) is 0 Å². The fourth-order valence-electron chi connectivity index (χ4n) is 2.77. The van der Waals surface area contributed by atoms with Gasteiger partial charge in [-0.3, -0.25) is 9.59 Å². The molecule has 3 rings (SSSR count). The quantitative estimate of drug-likeness (QED) is 0.910. The van der Waals surface area contributed by atoms with Crippen molar-refractivity contribution < 1.29 is 14.0 Å². The van der Waals surface area contributed by atoms with Crippen LogP contribution in [-0.4, -0.2) is 54.4 Å². The largest absolute Gasteiger partial charge is 0.367 e. The minimum Gasteiger partial charge on any atom is -0.367 e. The van der Waals surface area contributed by atoms with Crippen LogP contribution in [0.3, 0.4) is 0 Å². The predicted octanol–water partition coefficient (Wildman–Crippen LogP) is 1.36. The number of benzene rings is 1. The van der Waals surface area contributed by atoms with Gasteiger partial charge in [0.1, 0.15) is 17.6 Å². The van der Waals surface area contributed by atoms with E-state index < -0.39 is 6.04 Å². The number of hydrogen-bond acceptors (Lipinski definition) is 5. The molecule has 1 aliphatic heterocycles. The normalized spacial score (nSPS) is 17.7. The molecule has 0 aliphatic carbocycles. The third-order valence-electron chi connectivity index (χ3n) is 4.03.